The predicted octanol–water partition coefficient (Wildman–Crippen LogP) is 3.28. The van der Waals surface area contributed by atoms with Gasteiger partial charge in [-0.3, -0.25) is 4.98 Å². The van der Waals surface area contributed by atoms with Crippen LogP contribution in [-0.4, -0.2) is 17.6 Å². The van der Waals surface area contributed by atoms with Gasteiger partial charge in [-0.2, -0.15) is 0 Å². The summed E-state index contributed by atoms with van der Waals surface area (Å²) in [5.74, 6) is 1.58. The second-order valence-corrected chi connectivity index (χ2v) is 5.91. The monoisotopic (exact) mass is 244 g/mol. The standard InChI is InChI=1S/C16H24N2/c1-2-12-8-10-17-15(11-12)14-7-3-5-13-6-4-9-18-16(13)14/h4,6,9,12,14-15,17H,2-3,5,7-8,10-11H2,1H3. The van der Waals surface area contributed by atoms with Crippen LogP contribution in [0.1, 0.15) is 56.2 Å². The van der Waals surface area contributed by atoms with E-state index in [0.717, 1.165) is 5.92 Å². The first-order valence-corrected chi connectivity index (χ1v) is 7.55. The van der Waals surface area contributed by atoms with Crippen LogP contribution >= 0.6 is 0 Å². The van der Waals surface area contributed by atoms with E-state index in [-0.39, 0.29) is 0 Å². The van der Waals surface area contributed by atoms with Crippen LogP contribution in [0.25, 0.3) is 0 Å². The Bertz CT molecular complexity index is 402. The average Bonchev–Trinajstić information content (AvgIpc) is 2.47. The van der Waals surface area contributed by atoms with Crippen molar-refractivity contribution in [2.75, 3.05) is 6.54 Å². The zero-order chi connectivity index (χ0) is 12.4. The van der Waals surface area contributed by atoms with E-state index < -0.39 is 0 Å². The highest BCUT2D eigenvalue weighted by molar-refractivity contribution is 5.27. The Labute approximate surface area is 110 Å². The summed E-state index contributed by atoms with van der Waals surface area (Å²) in [6.45, 7) is 3.53. The lowest BCUT2D eigenvalue weighted by Crippen LogP contribution is -2.43. The highest BCUT2D eigenvalue weighted by atomic mass is 14.9. The summed E-state index contributed by atoms with van der Waals surface area (Å²) < 4.78 is 0. The fourth-order valence-electron chi connectivity index (χ4n) is 3.75. The highest BCUT2D eigenvalue weighted by Crippen LogP contribution is 2.36. The number of piperidine rings is 1. The molecule has 2 heterocycles. The summed E-state index contributed by atoms with van der Waals surface area (Å²) in [6.07, 6.45) is 9.88. The zero-order valence-electron chi connectivity index (χ0n) is 11.4. The molecule has 3 unspecified atom stereocenters. The lowest BCUT2D eigenvalue weighted by Gasteiger charge is -2.37. The Kier molecular flexibility index (Phi) is 3.64. The third-order valence-electron chi connectivity index (χ3n) is 4.85. The molecule has 1 saturated heterocycles. The smallest absolute Gasteiger partial charge is 0.0481 e. The van der Waals surface area contributed by atoms with E-state index in [4.69, 9.17) is 0 Å². The number of pyridine rings is 1. The minimum Gasteiger partial charge on any atom is -0.313 e. The van der Waals surface area contributed by atoms with Gasteiger partial charge in [0.25, 0.3) is 0 Å². The first kappa shape index (κ1) is 12.2. The summed E-state index contributed by atoms with van der Waals surface area (Å²) in [4.78, 5) is 4.69. The lowest BCUT2D eigenvalue weighted by molar-refractivity contribution is 0.252. The molecule has 1 aliphatic carbocycles. The van der Waals surface area contributed by atoms with Crippen LogP contribution in [0, 0.1) is 5.92 Å². The van der Waals surface area contributed by atoms with E-state index in [9.17, 15) is 0 Å². The van der Waals surface area contributed by atoms with Crippen molar-refractivity contribution < 1.29 is 0 Å². The van der Waals surface area contributed by atoms with Gasteiger partial charge in [0.2, 0.25) is 0 Å². The maximum Gasteiger partial charge on any atom is 0.0481 e. The van der Waals surface area contributed by atoms with Gasteiger partial charge in [-0.15, -0.1) is 0 Å². The molecule has 2 nitrogen and oxygen atoms in total. The second kappa shape index (κ2) is 5.40. The highest BCUT2D eigenvalue weighted by Gasteiger charge is 2.32. The molecular weight excluding hydrogens is 220 g/mol. The zero-order valence-corrected chi connectivity index (χ0v) is 11.4. The Morgan fingerprint density at radius 1 is 1.39 bits per heavy atom. The molecule has 0 radical (unpaired) electrons. The molecule has 2 heteroatoms. The van der Waals surface area contributed by atoms with Crippen LogP contribution in [0.2, 0.25) is 0 Å². The SMILES string of the molecule is CCC1CCNC(C2CCCc3cccnc32)C1. The molecule has 0 bridgehead atoms. The number of hydrogen-bond acceptors (Lipinski definition) is 2. The van der Waals surface area contributed by atoms with Crippen molar-refractivity contribution in [3.05, 3.63) is 29.6 Å². The molecular formula is C16H24N2. The number of aromatic nitrogens is 1. The second-order valence-electron chi connectivity index (χ2n) is 5.91. The Morgan fingerprint density at radius 2 is 2.33 bits per heavy atom. The van der Waals surface area contributed by atoms with Gasteiger partial charge in [0.1, 0.15) is 0 Å². The van der Waals surface area contributed by atoms with Crippen molar-refractivity contribution in [3.8, 4) is 0 Å². The van der Waals surface area contributed by atoms with Crippen molar-refractivity contribution in [2.45, 2.75) is 57.4 Å². The predicted molar refractivity (Wildman–Crippen MR) is 74.7 cm³/mol. The maximum absolute atomic E-state index is 4.69. The quantitative estimate of drug-likeness (QED) is 0.863. The third kappa shape index (κ3) is 2.31. The normalized spacial score (nSPS) is 31.9. The van der Waals surface area contributed by atoms with Crippen molar-refractivity contribution in [1.82, 2.24) is 10.3 Å². The van der Waals surface area contributed by atoms with Crippen LogP contribution in [0.5, 0.6) is 0 Å². The molecule has 3 atom stereocenters. The molecule has 98 valence electrons. The first-order valence-electron chi connectivity index (χ1n) is 7.55. The van der Waals surface area contributed by atoms with Gasteiger partial charge in [0, 0.05) is 23.9 Å². The van der Waals surface area contributed by atoms with Crippen LogP contribution in [-0.2, 0) is 6.42 Å². The minimum atomic E-state index is 0.657. The molecule has 18 heavy (non-hydrogen) atoms. The molecule has 0 spiro atoms. The third-order valence-corrected chi connectivity index (χ3v) is 4.85. The lowest BCUT2D eigenvalue weighted by atomic mass is 9.76. The molecule has 1 fully saturated rings. The van der Waals surface area contributed by atoms with E-state index in [1.807, 2.05) is 6.20 Å². The molecule has 1 aromatic heterocycles. The maximum atomic E-state index is 4.69. The molecule has 1 aromatic rings. The van der Waals surface area contributed by atoms with Crippen molar-refractivity contribution >= 4 is 0 Å². The summed E-state index contributed by atoms with van der Waals surface area (Å²) >= 11 is 0. The van der Waals surface area contributed by atoms with E-state index in [1.165, 1.54) is 56.3 Å². The van der Waals surface area contributed by atoms with E-state index in [0.29, 0.717) is 12.0 Å². The van der Waals surface area contributed by atoms with E-state index >= 15 is 0 Å². The van der Waals surface area contributed by atoms with Crippen molar-refractivity contribution in [2.24, 2.45) is 5.92 Å². The number of rotatable bonds is 2. The van der Waals surface area contributed by atoms with Gasteiger partial charge in [-0.1, -0.05) is 19.4 Å². The summed E-state index contributed by atoms with van der Waals surface area (Å²) in [5.41, 5.74) is 2.88. The van der Waals surface area contributed by atoms with Crippen LogP contribution in [0.15, 0.2) is 18.3 Å². The van der Waals surface area contributed by atoms with Gasteiger partial charge in [-0.25, -0.2) is 0 Å². The molecule has 2 aliphatic rings. The van der Waals surface area contributed by atoms with Crippen LogP contribution in [0.4, 0.5) is 0 Å². The van der Waals surface area contributed by atoms with E-state index in [1.54, 1.807) is 0 Å². The molecule has 0 saturated carbocycles. The minimum absolute atomic E-state index is 0.657. The van der Waals surface area contributed by atoms with Gasteiger partial charge in [-0.05, 0) is 56.2 Å². The fourth-order valence-corrected chi connectivity index (χ4v) is 3.75. The average molecular weight is 244 g/mol. The van der Waals surface area contributed by atoms with Gasteiger partial charge in [0.05, 0.1) is 0 Å². The Balaban J connectivity index is 1.80. The van der Waals surface area contributed by atoms with E-state index in [2.05, 4.69) is 29.4 Å². The summed E-state index contributed by atoms with van der Waals surface area (Å²) in [5, 5.41) is 3.75. The van der Waals surface area contributed by atoms with Crippen molar-refractivity contribution in [1.29, 1.82) is 0 Å². The molecule has 1 aliphatic heterocycles. The van der Waals surface area contributed by atoms with Gasteiger partial charge < -0.3 is 5.32 Å². The molecule has 3 rings (SSSR count). The largest absolute Gasteiger partial charge is 0.313 e. The first-order chi connectivity index (χ1) is 8.88. The molecule has 1 N–H and O–H groups in total. The van der Waals surface area contributed by atoms with Gasteiger partial charge in [0.15, 0.2) is 0 Å². The number of nitrogens with zero attached hydrogens (tertiary/aromatic N) is 1. The number of hydrogen-bond donors (Lipinski definition) is 1. The van der Waals surface area contributed by atoms with Gasteiger partial charge >= 0.3 is 0 Å². The number of fused-ring (bicyclic) bond motifs is 1. The van der Waals surface area contributed by atoms with Crippen LogP contribution < -0.4 is 5.32 Å². The summed E-state index contributed by atoms with van der Waals surface area (Å²) in [6, 6.07) is 5.02. The number of aryl methyl sites for hydroxylation is 1. The Morgan fingerprint density at radius 3 is 3.22 bits per heavy atom. The number of nitrogens with one attached hydrogen (secondary N) is 1. The topological polar surface area (TPSA) is 24.9 Å². The molecule has 0 amide bonds. The fraction of sp³-hybridized carbons (Fsp3) is 0.688. The molecule has 0 aromatic carbocycles. The van der Waals surface area contributed by atoms with Crippen LogP contribution in [0.3, 0.4) is 0 Å². The Hall–Kier alpha value is -0.890. The summed E-state index contributed by atoms with van der Waals surface area (Å²) in [7, 11) is 0. The van der Waals surface area contributed by atoms with Crippen molar-refractivity contribution in [3.63, 3.8) is 0 Å².